The van der Waals surface area contributed by atoms with E-state index in [-0.39, 0.29) is 5.88 Å². The van der Waals surface area contributed by atoms with Crippen molar-refractivity contribution < 1.29 is 22.7 Å². The molecule has 1 aliphatic carbocycles. The predicted octanol–water partition coefficient (Wildman–Crippen LogP) is 5.36. The molecule has 0 spiro atoms. The van der Waals surface area contributed by atoms with Crippen molar-refractivity contribution in [3.05, 3.63) is 23.9 Å². The fourth-order valence-electron chi connectivity index (χ4n) is 2.53. The molecular formula is C19H32F3N3O2. The van der Waals surface area contributed by atoms with Crippen molar-refractivity contribution in [3.8, 4) is 5.88 Å². The molecule has 1 atom stereocenters. The fourth-order valence-corrected chi connectivity index (χ4v) is 2.53. The Morgan fingerprint density at radius 3 is 2.37 bits per heavy atom. The van der Waals surface area contributed by atoms with E-state index < -0.39 is 24.9 Å². The van der Waals surface area contributed by atoms with E-state index in [1.54, 1.807) is 13.0 Å². The number of pyridine rings is 1. The number of rotatable bonds is 4. The van der Waals surface area contributed by atoms with Crippen molar-refractivity contribution >= 4 is 6.03 Å². The Morgan fingerprint density at radius 1 is 1.33 bits per heavy atom. The third kappa shape index (κ3) is 12.9. The number of nitrogens with two attached hydrogens (primary N) is 1. The van der Waals surface area contributed by atoms with Gasteiger partial charge in [0, 0.05) is 12.3 Å². The van der Waals surface area contributed by atoms with E-state index in [2.05, 4.69) is 22.0 Å². The van der Waals surface area contributed by atoms with Gasteiger partial charge in [0.25, 0.3) is 0 Å². The Kier molecular flexibility index (Phi) is 12.2. The van der Waals surface area contributed by atoms with Crippen molar-refractivity contribution in [2.75, 3.05) is 6.61 Å². The smallest absolute Gasteiger partial charge is 0.422 e. The lowest BCUT2D eigenvalue weighted by Gasteiger charge is -2.15. The summed E-state index contributed by atoms with van der Waals surface area (Å²) in [5, 5.41) is 2.39. The molecule has 3 N–H and O–H groups in total. The van der Waals surface area contributed by atoms with Crippen LogP contribution in [-0.4, -0.2) is 23.8 Å². The Bertz CT molecular complexity index is 533. The molecule has 1 aromatic rings. The van der Waals surface area contributed by atoms with Crippen LogP contribution < -0.4 is 15.8 Å². The zero-order valence-corrected chi connectivity index (χ0v) is 16.6. The molecule has 1 saturated carbocycles. The second-order valence-corrected chi connectivity index (χ2v) is 6.30. The molecule has 1 fully saturated rings. The van der Waals surface area contributed by atoms with Crippen molar-refractivity contribution in [3.63, 3.8) is 0 Å². The average Bonchev–Trinajstić information content (AvgIpc) is 2.62. The summed E-state index contributed by atoms with van der Waals surface area (Å²) in [6, 6.07) is 1.68. The van der Waals surface area contributed by atoms with E-state index in [0.29, 0.717) is 5.56 Å². The van der Waals surface area contributed by atoms with Crippen LogP contribution in [0.25, 0.3) is 0 Å². The summed E-state index contributed by atoms with van der Waals surface area (Å²) in [6.07, 6.45) is 4.31. The molecule has 1 aliphatic rings. The first-order valence-electron chi connectivity index (χ1n) is 9.39. The van der Waals surface area contributed by atoms with Gasteiger partial charge in [0.1, 0.15) is 0 Å². The third-order valence-corrected chi connectivity index (χ3v) is 3.90. The molecule has 0 radical (unpaired) electrons. The Morgan fingerprint density at radius 2 is 1.93 bits per heavy atom. The van der Waals surface area contributed by atoms with E-state index in [1.165, 1.54) is 44.4 Å². The Hall–Kier alpha value is -1.99. The van der Waals surface area contributed by atoms with Gasteiger partial charge in [-0.2, -0.15) is 13.2 Å². The van der Waals surface area contributed by atoms with Crippen LogP contribution in [0.4, 0.5) is 18.0 Å². The lowest BCUT2D eigenvalue weighted by molar-refractivity contribution is -0.154. The first-order chi connectivity index (χ1) is 12.7. The Balaban J connectivity index is 0.000000621. The highest BCUT2D eigenvalue weighted by Gasteiger charge is 2.28. The molecule has 156 valence electrons. The van der Waals surface area contributed by atoms with E-state index in [9.17, 15) is 18.0 Å². The molecule has 1 aromatic heterocycles. The quantitative estimate of drug-likeness (QED) is 0.725. The molecule has 0 bridgehead atoms. The number of urea groups is 1. The van der Waals surface area contributed by atoms with Gasteiger partial charge in [0.05, 0.1) is 6.04 Å². The highest BCUT2D eigenvalue weighted by atomic mass is 19.4. The highest BCUT2D eigenvalue weighted by Crippen LogP contribution is 2.22. The molecule has 0 aromatic carbocycles. The summed E-state index contributed by atoms with van der Waals surface area (Å²) >= 11 is 0. The van der Waals surface area contributed by atoms with Gasteiger partial charge in [-0.3, -0.25) is 0 Å². The number of amides is 2. The minimum absolute atomic E-state index is 0.164. The molecular weight excluding hydrogens is 359 g/mol. The summed E-state index contributed by atoms with van der Waals surface area (Å²) in [5.74, 6) is 0.872. The van der Waals surface area contributed by atoms with Crippen LogP contribution in [0, 0.1) is 5.92 Å². The SMILES string of the molecule is CC.CC1CCCCC1.C[C@H](NC(N)=O)c1ccnc(OCC(F)(F)F)c1. The van der Waals surface area contributed by atoms with Crippen molar-refractivity contribution in [1.29, 1.82) is 0 Å². The first kappa shape index (κ1) is 25.0. The van der Waals surface area contributed by atoms with E-state index in [4.69, 9.17) is 5.73 Å². The molecule has 5 nitrogen and oxygen atoms in total. The number of alkyl halides is 3. The van der Waals surface area contributed by atoms with Gasteiger partial charge in [0.2, 0.25) is 5.88 Å². The number of carbonyl (C=O) groups excluding carboxylic acids is 1. The second-order valence-electron chi connectivity index (χ2n) is 6.30. The van der Waals surface area contributed by atoms with Crippen LogP contribution in [0.2, 0.25) is 0 Å². The number of aromatic nitrogens is 1. The van der Waals surface area contributed by atoms with Gasteiger partial charge in [-0.05, 0) is 24.5 Å². The lowest BCUT2D eigenvalue weighted by atomic mass is 9.91. The largest absolute Gasteiger partial charge is 0.468 e. The molecule has 2 amide bonds. The van der Waals surface area contributed by atoms with Crippen LogP contribution in [-0.2, 0) is 0 Å². The van der Waals surface area contributed by atoms with Crippen molar-refractivity contribution in [2.24, 2.45) is 11.7 Å². The standard InChI is InChI=1S/C10H12F3N3O2.C7H14.C2H6/c1-6(16-9(14)17)7-2-3-15-8(4-7)18-5-10(11,12)13;1-7-5-3-2-4-6-7;1-2/h2-4,6H,5H2,1H3,(H3,14,16,17);7H,2-6H2,1H3;1-2H3/t6-;;/m0../s1. The first-order valence-corrected chi connectivity index (χ1v) is 9.39. The number of halogens is 3. The zero-order chi connectivity index (χ0) is 20.9. The fraction of sp³-hybridized carbons (Fsp3) is 0.684. The summed E-state index contributed by atoms with van der Waals surface area (Å²) in [6.45, 7) is 6.58. The van der Waals surface area contributed by atoms with Crippen LogP contribution >= 0.6 is 0 Å². The number of nitrogens with one attached hydrogen (secondary N) is 1. The topological polar surface area (TPSA) is 77.2 Å². The van der Waals surface area contributed by atoms with Crippen LogP contribution in [0.5, 0.6) is 5.88 Å². The number of hydrogen-bond acceptors (Lipinski definition) is 3. The summed E-state index contributed by atoms with van der Waals surface area (Å²) in [7, 11) is 0. The summed E-state index contributed by atoms with van der Waals surface area (Å²) in [4.78, 5) is 14.3. The second kappa shape index (κ2) is 13.2. The van der Waals surface area contributed by atoms with Crippen LogP contribution in [0.15, 0.2) is 18.3 Å². The van der Waals surface area contributed by atoms with Crippen molar-refractivity contribution in [2.45, 2.75) is 72.0 Å². The van der Waals surface area contributed by atoms with Crippen LogP contribution in [0.3, 0.4) is 0 Å². The third-order valence-electron chi connectivity index (χ3n) is 3.90. The number of primary amides is 1. The molecule has 0 unspecified atom stereocenters. The number of hydrogen-bond donors (Lipinski definition) is 2. The molecule has 0 aliphatic heterocycles. The molecule has 2 rings (SSSR count). The maximum Gasteiger partial charge on any atom is 0.422 e. The van der Waals surface area contributed by atoms with Gasteiger partial charge in [-0.15, -0.1) is 0 Å². The Labute approximate surface area is 159 Å². The van der Waals surface area contributed by atoms with Gasteiger partial charge in [0.15, 0.2) is 6.61 Å². The molecule has 1 heterocycles. The zero-order valence-electron chi connectivity index (χ0n) is 16.6. The van der Waals surface area contributed by atoms with Gasteiger partial charge >= 0.3 is 12.2 Å². The van der Waals surface area contributed by atoms with Crippen molar-refractivity contribution in [1.82, 2.24) is 10.3 Å². The lowest BCUT2D eigenvalue weighted by Crippen LogP contribution is -2.31. The summed E-state index contributed by atoms with van der Waals surface area (Å²) < 4.78 is 40.3. The molecule has 8 heteroatoms. The average molecular weight is 391 g/mol. The van der Waals surface area contributed by atoms with E-state index in [0.717, 1.165) is 5.92 Å². The van der Waals surface area contributed by atoms with Gasteiger partial charge in [-0.1, -0.05) is 52.9 Å². The number of ether oxygens (including phenoxy) is 1. The van der Waals surface area contributed by atoms with Gasteiger partial charge in [-0.25, -0.2) is 9.78 Å². The maximum atomic E-state index is 11.9. The minimum atomic E-state index is -4.42. The monoisotopic (exact) mass is 391 g/mol. The van der Waals surface area contributed by atoms with E-state index >= 15 is 0 Å². The number of nitrogens with zero attached hydrogens (tertiary/aromatic N) is 1. The van der Waals surface area contributed by atoms with Gasteiger partial charge < -0.3 is 15.8 Å². The normalized spacial score (nSPS) is 15.4. The highest BCUT2D eigenvalue weighted by molar-refractivity contribution is 5.72. The maximum absolute atomic E-state index is 11.9. The molecule has 0 saturated heterocycles. The molecule has 27 heavy (non-hydrogen) atoms. The summed E-state index contributed by atoms with van der Waals surface area (Å²) in [5.41, 5.74) is 5.48. The minimum Gasteiger partial charge on any atom is -0.468 e. The van der Waals surface area contributed by atoms with Crippen LogP contribution in [0.1, 0.15) is 71.4 Å². The number of carbonyl (C=O) groups is 1. The van der Waals surface area contributed by atoms with E-state index in [1.807, 2.05) is 13.8 Å². The predicted molar refractivity (Wildman–Crippen MR) is 101 cm³/mol.